The van der Waals surface area contributed by atoms with Crippen LogP contribution in [0, 0.1) is 0 Å². The second-order valence-electron chi connectivity index (χ2n) is 3.91. The maximum atomic E-state index is 11.6. The molecule has 0 saturated carbocycles. The summed E-state index contributed by atoms with van der Waals surface area (Å²) in [6.45, 7) is 2.14. The summed E-state index contributed by atoms with van der Waals surface area (Å²) in [7, 11) is 0. The Balaban J connectivity index is 1.73. The molecule has 0 aliphatic carbocycles. The van der Waals surface area contributed by atoms with Gasteiger partial charge in [0.2, 0.25) is 0 Å². The first-order valence-electron chi connectivity index (χ1n) is 5.74. The Morgan fingerprint density at radius 1 is 1.33 bits per heavy atom. The molecule has 1 aliphatic heterocycles. The number of urea groups is 1. The minimum absolute atomic E-state index is 0.0743. The van der Waals surface area contributed by atoms with Crippen molar-refractivity contribution in [2.45, 2.75) is 6.10 Å². The van der Waals surface area contributed by atoms with Gasteiger partial charge in [0.1, 0.15) is 0 Å². The maximum absolute atomic E-state index is 11.6. The molecular weight excluding hydrogens is 256 g/mol. The molecule has 1 saturated heterocycles. The summed E-state index contributed by atoms with van der Waals surface area (Å²) in [6.07, 6.45) is -0.0743. The van der Waals surface area contributed by atoms with Gasteiger partial charge in [0.15, 0.2) is 0 Å². The fourth-order valence-corrected chi connectivity index (χ4v) is 1.70. The van der Waals surface area contributed by atoms with Gasteiger partial charge in [-0.15, -0.1) is 0 Å². The number of carbonyl (C=O) groups excluding carboxylic acids is 1. The highest BCUT2D eigenvalue weighted by atomic mass is 35.5. The van der Waals surface area contributed by atoms with E-state index in [1.165, 1.54) is 0 Å². The van der Waals surface area contributed by atoms with Crippen LogP contribution in [0.25, 0.3) is 0 Å². The molecule has 98 valence electrons. The largest absolute Gasteiger partial charge is 0.376 e. The summed E-state index contributed by atoms with van der Waals surface area (Å²) < 4.78 is 10.6. The Morgan fingerprint density at radius 3 is 2.78 bits per heavy atom. The second kappa shape index (κ2) is 6.58. The van der Waals surface area contributed by atoms with E-state index in [1.807, 2.05) is 0 Å². The molecule has 2 amide bonds. The van der Waals surface area contributed by atoms with Crippen LogP contribution in [0.5, 0.6) is 0 Å². The van der Waals surface area contributed by atoms with Gasteiger partial charge >= 0.3 is 6.03 Å². The van der Waals surface area contributed by atoms with Crippen LogP contribution >= 0.6 is 11.6 Å². The quantitative estimate of drug-likeness (QED) is 0.882. The fraction of sp³-hybridized carbons (Fsp3) is 0.417. The minimum atomic E-state index is -0.272. The summed E-state index contributed by atoms with van der Waals surface area (Å²) >= 11 is 5.75. The average molecular weight is 271 g/mol. The van der Waals surface area contributed by atoms with Gasteiger partial charge in [0.05, 0.1) is 25.9 Å². The Bertz CT molecular complexity index is 391. The van der Waals surface area contributed by atoms with E-state index in [9.17, 15) is 4.79 Å². The highest BCUT2D eigenvalue weighted by Crippen LogP contribution is 2.13. The van der Waals surface area contributed by atoms with Gasteiger partial charge in [-0.3, -0.25) is 0 Å². The van der Waals surface area contributed by atoms with Crippen molar-refractivity contribution in [3.8, 4) is 0 Å². The first-order valence-corrected chi connectivity index (χ1v) is 6.11. The third-order valence-corrected chi connectivity index (χ3v) is 2.73. The zero-order valence-corrected chi connectivity index (χ0v) is 10.6. The molecule has 1 fully saturated rings. The zero-order chi connectivity index (χ0) is 12.8. The zero-order valence-electron chi connectivity index (χ0n) is 9.82. The average Bonchev–Trinajstić information content (AvgIpc) is 2.40. The van der Waals surface area contributed by atoms with E-state index in [0.29, 0.717) is 37.1 Å². The van der Waals surface area contributed by atoms with Gasteiger partial charge in [0.25, 0.3) is 0 Å². The molecule has 2 rings (SSSR count). The molecule has 1 atom stereocenters. The van der Waals surface area contributed by atoms with Crippen LogP contribution in [-0.2, 0) is 9.47 Å². The Kier molecular flexibility index (Phi) is 4.81. The molecule has 5 nitrogen and oxygen atoms in total. The van der Waals surface area contributed by atoms with E-state index < -0.39 is 0 Å². The van der Waals surface area contributed by atoms with Crippen LogP contribution in [-0.4, -0.2) is 38.5 Å². The fourth-order valence-electron chi connectivity index (χ4n) is 1.57. The molecule has 2 N–H and O–H groups in total. The highest BCUT2D eigenvalue weighted by molar-refractivity contribution is 6.30. The van der Waals surface area contributed by atoms with Crippen LogP contribution < -0.4 is 10.6 Å². The van der Waals surface area contributed by atoms with Gasteiger partial charge in [-0.25, -0.2) is 4.79 Å². The SMILES string of the molecule is O=C(NCC1COCCO1)Nc1ccc(Cl)cc1. The van der Waals surface area contributed by atoms with Gasteiger partial charge in [-0.05, 0) is 24.3 Å². The number of benzene rings is 1. The number of hydrogen-bond acceptors (Lipinski definition) is 3. The lowest BCUT2D eigenvalue weighted by Gasteiger charge is -2.23. The van der Waals surface area contributed by atoms with E-state index in [1.54, 1.807) is 24.3 Å². The van der Waals surface area contributed by atoms with Crippen molar-refractivity contribution < 1.29 is 14.3 Å². The third-order valence-electron chi connectivity index (χ3n) is 2.48. The molecule has 1 aromatic rings. The molecule has 0 spiro atoms. The van der Waals surface area contributed by atoms with Crippen LogP contribution in [0.1, 0.15) is 0 Å². The van der Waals surface area contributed by atoms with Crippen molar-refractivity contribution in [3.05, 3.63) is 29.3 Å². The standard InChI is InChI=1S/C12H15ClN2O3/c13-9-1-3-10(4-2-9)15-12(16)14-7-11-8-17-5-6-18-11/h1-4,11H,5-8H2,(H2,14,15,16). The number of halogens is 1. The number of carbonyl (C=O) groups is 1. The summed E-state index contributed by atoms with van der Waals surface area (Å²) in [5, 5.41) is 6.06. The summed E-state index contributed by atoms with van der Waals surface area (Å²) in [5.74, 6) is 0. The van der Waals surface area contributed by atoms with Crippen molar-refractivity contribution in [1.29, 1.82) is 0 Å². The molecule has 1 unspecified atom stereocenters. The highest BCUT2D eigenvalue weighted by Gasteiger charge is 2.14. The van der Waals surface area contributed by atoms with Crippen molar-refractivity contribution in [2.75, 3.05) is 31.7 Å². The van der Waals surface area contributed by atoms with Crippen LogP contribution in [0.2, 0.25) is 5.02 Å². The number of ether oxygens (including phenoxy) is 2. The summed E-state index contributed by atoms with van der Waals surface area (Å²) in [6, 6.07) is 6.64. The van der Waals surface area contributed by atoms with E-state index in [4.69, 9.17) is 21.1 Å². The smallest absolute Gasteiger partial charge is 0.319 e. The van der Waals surface area contributed by atoms with Crippen LogP contribution in [0.15, 0.2) is 24.3 Å². The van der Waals surface area contributed by atoms with E-state index in [2.05, 4.69) is 10.6 Å². The van der Waals surface area contributed by atoms with Crippen molar-refractivity contribution >= 4 is 23.3 Å². The van der Waals surface area contributed by atoms with Crippen molar-refractivity contribution in [2.24, 2.45) is 0 Å². The Labute approximate surface area is 110 Å². The first-order chi connectivity index (χ1) is 8.74. The van der Waals surface area contributed by atoms with E-state index in [0.717, 1.165) is 0 Å². The predicted molar refractivity (Wildman–Crippen MR) is 69.0 cm³/mol. The number of nitrogens with one attached hydrogen (secondary N) is 2. The van der Waals surface area contributed by atoms with Gasteiger partial charge < -0.3 is 20.1 Å². The van der Waals surface area contributed by atoms with E-state index >= 15 is 0 Å². The lowest BCUT2D eigenvalue weighted by Crippen LogP contribution is -2.41. The monoisotopic (exact) mass is 270 g/mol. The predicted octanol–water partition coefficient (Wildman–Crippen LogP) is 1.88. The molecule has 0 aromatic heterocycles. The molecule has 1 aliphatic rings. The first kappa shape index (κ1) is 13.1. The van der Waals surface area contributed by atoms with Crippen LogP contribution in [0.4, 0.5) is 10.5 Å². The molecule has 1 heterocycles. The number of amides is 2. The number of anilines is 1. The topological polar surface area (TPSA) is 59.6 Å². The Hall–Kier alpha value is -1.30. The molecule has 0 bridgehead atoms. The molecule has 6 heteroatoms. The van der Waals surface area contributed by atoms with Crippen molar-refractivity contribution in [1.82, 2.24) is 5.32 Å². The molecular formula is C12H15ClN2O3. The van der Waals surface area contributed by atoms with Crippen molar-refractivity contribution in [3.63, 3.8) is 0 Å². The minimum Gasteiger partial charge on any atom is -0.376 e. The van der Waals surface area contributed by atoms with Gasteiger partial charge in [0, 0.05) is 17.3 Å². The molecule has 18 heavy (non-hydrogen) atoms. The van der Waals surface area contributed by atoms with Gasteiger partial charge in [-0.2, -0.15) is 0 Å². The second-order valence-corrected chi connectivity index (χ2v) is 4.35. The molecule has 1 aromatic carbocycles. The molecule has 0 radical (unpaired) electrons. The maximum Gasteiger partial charge on any atom is 0.319 e. The van der Waals surface area contributed by atoms with E-state index in [-0.39, 0.29) is 12.1 Å². The summed E-state index contributed by atoms with van der Waals surface area (Å²) in [4.78, 5) is 11.6. The lowest BCUT2D eigenvalue weighted by molar-refractivity contribution is -0.0852. The number of hydrogen-bond donors (Lipinski definition) is 2. The lowest BCUT2D eigenvalue weighted by atomic mass is 10.3. The van der Waals surface area contributed by atoms with Gasteiger partial charge in [-0.1, -0.05) is 11.6 Å². The summed E-state index contributed by atoms with van der Waals surface area (Å²) in [5.41, 5.74) is 0.692. The number of rotatable bonds is 3. The normalized spacial score (nSPS) is 19.3. The third kappa shape index (κ3) is 4.18. The van der Waals surface area contributed by atoms with Crippen LogP contribution in [0.3, 0.4) is 0 Å². The Morgan fingerprint density at radius 2 is 2.11 bits per heavy atom.